The molecule has 1 N–H and O–H groups in total. The van der Waals surface area contributed by atoms with Crippen LogP contribution in [0.2, 0.25) is 0 Å². The fourth-order valence-electron chi connectivity index (χ4n) is 2.92. The van der Waals surface area contributed by atoms with Crippen LogP contribution in [0.4, 0.5) is 10.5 Å². The molecule has 6 nitrogen and oxygen atoms in total. The van der Waals surface area contributed by atoms with E-state index in [4.69, 9.17) is 4.74 Å². The minimum Gasteiger partial charge on any atom is -0.442 e. The minimum absolute atomic E-state index is 0.00207. The molecule has 2 atom stereocenters. The number of hydrogen-bond acceptors (Lipinski definition) is 4. The summed E-state index contributed by atoms with van der Waals surface area (Å²) in [4.78, 5) is 36.1. The lowest BCUT2D eigenvalue weighted by atomic mass is 10.0. The summed E-state index contributed by atoms with van der Waals surface area (Å²) >= 11 is 0. The highest BCUT2D eigenvalue weighted by Crippen LogP contribution is 2.39. The van der Waals surface area contributed by atoms with Gasteiger partial charge < -0.3 is 10.1 Å². The summed E-state index contributed by atoms with van der Waals surface area (Å²) in [6.45, 7) is 3.25. The Balaban J connectivity index is 1.86. The smallest absolute Gasteiger partial charge is 0.415 e. The van der Waals surface area contributed by atoms with Crippen LogP contribution in [0.25, 0.3) is 0 Å². The van der Waals surface area contributed by atoms with Crippen molar-refractivity contribution < 1.29 is 19.1 Å². The molecule has 2 heterocycles. The van der Waals surface area contributed by atoms with E-state index in [-0.39, 0.29) is 23.8 Å². The van der Waals surface area contributed by atoms with Crippen molar-refractivity contribution in [3.63, 3.8) is 0 Å². The summed E-state index contributed by atoms with van der Waals surface area (Å²) in [5.41, 5.74) is 2.40. The number of nitrogens with one attached hydrogen (secondary N) is 1. The average molecular weight is 288 g/mol. The quantitative estimate of drug-likeness (QED) is 0.850. The predicted octanol–water partition coefficient (Wildman–Crippen LogP) is 1.28. The Morgan fingerprint density at radius 2 is 2.14 bits per heavy atom. The van der Waals surface area contributed by atoms with Crippen LogP contribution in [-0.2, 0) is 16.0 Å². The molecule has 2 aliphatic heterocycles. The molecule has 1 aromatic rings. The number of benzene rings is 1. The van der Waals surface area contributed by atoms with Gasteiger partial charge in [-0.2, -0.15) is 0 Å². The van der Waals surface area contributed by atoms with Crippen molar-refractivity contribution in [1.29, 1.82) is 0 Å². The monoisotopic (exact) mass is 288 g/mol. The van der Waals surface area contributed by atoms with Crippen LogP contribution < -0.4 is 10.2 Å². The average Bonchev–Trinajstić information content (AvgIpc) is 2.93. The van der Waals surface area contributed by atoms with Crippen molar-refractivity contribution in [3.05, 3.63) is 29.3 Å². The van der Waals surface area contributed by atoms with Gasteiger partial charge in [-0.05, 0) is 37.1 Å². The summed E-state index contributed by atoms with van der Waals surface area (Å²) in [6, 6.07) is 5.21. The molecular weight excluding hydrogens is 272 g/mol. The van der Waals surface area contributed by atoms with Gasteiger partial charge in [0.25, 0.3) is 0 Å². The van der Waals surface area contributed by atoms with E-state index < -0.39 is 6.09 Å². The lowest BCUT2D eigenvalue weighted by Gasteiger charge is -2.16. The normalized spacial score (nSPS) is 22.6. The van der Waals surface area contributed by atoms with Crippen molar-refractivity contribution in [2.45, 2.75) is 32.4 Å². The predicted molar refractivity (Wildman–Crippen MR) is 75.4 cm³/mol. The summed E-state index contributed by atoms with van der Waals surface area (Å²) < 4.78 is 5.32. The maximum atomic E-state index is 12.0. The van der Waals surface area contributed by atoms with Crippen molar-refractivity contribution in [1.82, 2.24) is 5.32 Å². The fraction of sp³-hybridized carbons (Fsp3) is 0.400. The summed E-state index contributed by atoms with van der Waals surface area (Å²) in [6.07, 6.45) is -0.133. The summed E-state index contributed by atoms with van der Waals surface area (Å²) in [7, 11) is 0. The number of fused-ring (bicyclic) bond motifs is 3. The second-order valence-electron chi connectivity index (χ2n) is 5.40. The minimum atomic E-state index is -0.398. The van der Waals surface area contributed by atoms with Crippen LogP contribution in [0.3, 0.4) is 0 Å². The lowest BCUT2D eigenvalue weighted by Crippen LogP contribution is -2.40. The Morgan fingerprint density at radius 1 is 1.38 bits per heavy atom. The van der Waals surface area contributed by atoms with E-state index in [9.17, 15) is 14.4 Å². The maximum Gasteiger partial charge on any atom is 0.415 e. The molecule has 0 radical (unpaired) electrons. The van der Waals surface area contributed by atoms with Crippen molar-refractivity contribution >= 4 is 23.5 Å². The number of cyclic esters (lactones) is 1. The van der Waals surface area contributed by atoms with E-state index in [1.165, 1.54) is 13.8 Å². The molecule has 110 valence electrons. The van der Waals surface area contributed by atoms with Crippen LogP contribution in [0.5, 0.6) is 0 Å². The zero-order valence-corrected chi connectivity index (χ0v) is 11.9. The standard InChI is InChI=1S/C15H16N2O4/c1-8(18)10-3-4-12-11(5-10)6-13-14(7-16-9(2)19)21-15(20)17(12)13/h3-5,13-14H,6-7H2,1-2H3,(H,16,19). The van der Waals surface area contributed by atoms with Crippen LogP contribution >= 0.6 is 0 Å². The number of nitrogens with zero attached hydrogens (tertiary/aromatic N) is 1. The van der Waals surface area contributed by atoms with Gasteiger partial charge in [0.1, 0.15) is 6.10 Å². The molecule has 1 saturated heterocycles. The second kappa shape index (κ2) is 4.87. The first-order valence-electron chi connectivity index (χ1n) is 6.85. The molecule has 1 aromatic carbocycles. The largest absolute Gasteiger partial charge is 0.442 e. The topological polar surface area (TPSA) is 75.7 Å². The molecule has 3 rings (SSSR count). The van der Waals surface area contributed by atoms with Gasteiger partial charge >= 0.3 is 6.09 Å². The SMILES string of the molecule is CC(=O)NCC1OC(=O)N2c3ccc(C(C)=O)cc3CC12. The molecule has 2 amide bonds. The Bertz CT molecular complexity index is 641. The van der Waals surface area contributed by atoms with Gasteiger partial charge in [0, 0.05) is 12.5 Å². The van der Waals surface area contributed by atoms with Crippen LogP contribution in [-0.4, -0.2) is 36.5 Å². The molecule has 2 aliphatic rings. The highest BCUT2D eigenvalue weighted by molar-refractivity contribution is 5.98. The molecule has 2 unspecified atom stereocenters. The van der Waals surface area contributed by atoms with Gasteiger partial charge in [0.15, 0.2) is 5.78 Å². The van der Waals surface area contributed by atoms with Crippen LogP contribution in [0.15, 0.2) is 18.2 Å². The molecule has 0 spiro atoms. The molecule has 0 aliphatic carbocycles. The van der Waals surface area contributed by atoms with Gasteiger partial charge in [-0.25, -0.2) is 4.79 Å². The highest BCUT2D eigenvalue weighted by Gasteiger charge is 2.47. The summed E-state index contributed by atoms with van der Waals surface area (Å²) in [5.74, 6) is -0.152. The van der Waals surface area contributed by atoms with Crippen LogP contribution in [0.1, 0.15) is 29.8 Å². The third-order valence-electron chi connectivity index (χ3n) is 3.94. The third-order valence-corrected chi connectivity index (χ3v) is 3.94. The number of ether oxygens (including phenoxy) is 1. The number of Topliss-reactive ketones (excluding diaryl/α,β-unsaturated/α-hetero) is 1. The number of hydrogen-bond donors (Lipinski definition) is 1. The Labute approximate surface area is 122 Å². The van der Waals surface area contributed by atoms with E-state index in [1.54, 1.807) is 17.0 Å². The molecule has 1 fully saturated rings. The molecule has 0 aromatic heterocycles. The summed E-state index contributed by atoms with van der Waals surface area (Å²) in [5, 5.41) is 2.68. The molecule has 6 heteroatoms. The second-order valence-corrected chi connectivity index (χ2v) is 5.40. The van der Waals surface area contributed by atoms with Gasteiger partial charge in [0.2, 0.25) is 5.91 Å². The third kappa shape index (κ3) is 2.26. The van der Waals surface area contributed by atoms with Gasteiger partial charge in [0.05, 0.1) is 18.3 Å². The molecular formula is C15H16N2O4. The first-order valence-corrected chi connectivity index (χ1v) is 6.85. The fourth-order valence-corrected chi connectivity index (χ4v) is 2.92. The van der Waals surface area contributed by atoms with Crippen LogP contribution in [0, 0.1) is 0 Å². The highest BCUT2D eigenvalue weighted by atomic mass is 16.6. The molecule has 21 heavy (non-hydrogen) atoms. The number of carbonyl (C=O) groups is 3. The van der Waals surface area contributed by atoms with Gasteiger partial charge in [-0.3, -0.25) is 14.5 Å². The number of carbonyl (C=O) groups excluding carboxylic acids is 3. The van der Waals surface area contributed by atoms with E-state index in [1.807, 2.05) is 6.07 Å². The maximum absolute atomic E-state index is 12.0. The Kier molecular flexibility index (Phi) is 3.16. The number of amides is 2. The van der Waals surface area contributed by atoms with Crippen molar-refractivity contribution in [2.24, 2.45) is 0 Å². The zero-order valence-electron chi connectivity index (χ0n) is 11.9. The zero-order chi connectivity index (χ0) is 15.1. The number of anilines is 1. The first kappa shape index (κ1) is 13.6. The van der Waals surface area contributed by atoms with Crippen molar-refractivity contribution in [3.8, 4) is 0 Å². The number of ketones is 1. The Hall–Kier alpha value is -2.37. The molecule has 0 saturated carbocycles. The lowest BCUT2D eigenvalue weighted by molar-refractivity contribution is -0.119. The van der Waals surface area contributed by atoms with Gasteiger partial charge in [-0.15, -0.1) is 0 Å². The Morgan fingerprint density at radius 3 is 2.81 bits per heavy atom. The van der Waals surface area contributed by atoms with Gasteiger partial charge in [-0.1, -0.05) is 0 Å². The van der Waals surface area contributed by atoms with E-state index in [2.05, 4.69) is 5.32 Å². The van der Waals surface area contributed by atoms with E-state index >= 15 is 0 Å². The van der Waals surface area contributed by atoms with Crippen molar-refractivity contribution in [2.75, 3.05) is 11.4 Å². The van der Waals surface area contributed by atoms with E-state index in [0.29, 0.717) is 18.5 Å². The number of rotatable bonds is 3. The van der Waals surface area contributed by atoms with E-state index in [0.717, 1.165) is 11.3 Å². The molecule has 0 bridgehead atoms. The first-order chi connectivity index (χ1) is 9.97.